The summed E-state index contributed by atoms with van der Waals surface area (Å²) in [4.78, 5) is 0. The van der Waals surface area contributed by atoms with E-state index in [1.165, 1.54) is 12.8 Å². The minimum absolute atomic E-state index is 0.461. The molecule has 0 aliphatic carbocycles. The highest BCUT2D eigenvalue weighted by atomic mass is 16.5. The molecule has 1 heterocycles. The lowest BCUT2D eigenvalue weighted by molar-refractivity contribution is 0.218. The number of ether oxygens (including phenoxy) is 1. The normalized spacial score (nSPS) is 18.3. The Kier molecular flexibility index (Phi) is 4.37. The second-order valence-corrected chi connectivity index (χ2v) is 5.70. The highest BCUT2D eigenvalue weighted by Gasteiger charge is 2.13. The van der Waals surface area contributed by atoms with E-state index in [4.69, 9.17) is 10.00 Å². The largest absolute Gasteiger partial charge is 0.493 e. The molecule has 2 aromatic carbocycles. The number of hydrogen-bond donors (Lipinski definition) is 1. The van der Waals surface area contributed by atoms with Gasteiger partial charge in [0.05, 0.1) is 19.1 Å². The van der Waals surface area contributed by atoms with E-state index in [1.54, 1.807) is 0 Å². The van der Waals surface area contributed by atoms with Gasteiger partial charge in [-0.25, -0.2) is 0 Å². The molecule has 2 aromatic rings. The third-order valence-corrected chi connectivity index (χ3v) is 4.04. The van der Waals surface area contributed by atoms with Crippen LogP contribution in [-0.4, -0.2) is 19.7 Å². The van der Waals surface area contributed by atoms with E-state index in [1.807, 2.05) is 12.1 Å². The summed E-state index contributed by atoms with van der Waals surface area (Å²) in [7, 11) is 0. The number of nitrogens with one attached hydrogen (secondary N) is 1. The van der Waals surface area contributed by atoms with Gasteiger partial charge in [-0.15, -0.1) is 0 Å². The lowest BCUT2D eigenvalue weighted by Crippen LogP contribution is -2.33. The second kappa shape index (κ2) is 6.60. The lowest BCUT2D eigenvalue weighted by Gasteiger charge is -2.22. The number of nitrogens with zero attached hydrogens (tertiary/aromatic N) is 1. The smallest absolute Gasteiger partial charge is 0.119 e. The van der Waals surface area contributed by atoms with Crippen molar-refractivity contribution in [1.82, 2.24) is 5.32 Å². The molecular weight excluding hydrogens is 260 g/mol. The Bertz CT molecular complexity index is 654. The van der Waals surface area contributed by atoms with Crippen LogP contribution >= 0.6 is 0 Å². The van der Waals surface area contributed by atoms with Gasteiger partial charge in [-0.05, 0) is 47.9 Å². The van der Waals surface area contributed by atoms with E-state index in [0.29, 0.717) is 12.3 Å². The summed E-state index contributed by atoms with van der Waals surface area (Å²) in [5, 5.41) is 14.5. The van der Waals surface area contributed by atoms with Gasteiger partial charge in [0, 0.05) is 12.5 Å². The van der Waals surface area contributed by atoms with Crippen LogP contribution in [0.15, 0.2) is 36.4 Å². The van der Waals surface area contributed by atoms with Gasteiger partial charge in [-0.1, -0.05) is 24.3 Å². The Morgan fingerprint density at radius 1 is 1.19 bits per heavy atom. The van der Waals surface area contributed by atoms with Crippen molar-refractivity contribution >= 4 is 10.8 Å². The number of rotatable bonds is 4. The fourth-order valence-corrected chi connectivity index (χ4v) is 2.84. The number of hydrogen-bond acceptors (Lipinski definition) is 3. The Balaban J connectivity index is 1.69. The molecule has 1 saturated heterocycles. The fraction of sp³-hybridized carbons (Fsp3) is 0.389. The fourth-order valence-electron chi connectivity index (χ4n) is 2.84. The molecular formula is C18H20N2O. The first-order valence-electron chi connectivity index (χ1n) is 7.58. The molecule has 1 N–H and O–H groups in total. The molecule has 1 atom stereocenters. The van der Waals surface area contributed by atoms with E-state index in [9.17, 15) is 0 Å². The number of fused-ring (bicyclic) bond motifs is 1. The molecule has 0 bridgehead atoms. The van der Waals surface area contributed by atoms with Crippen LogP contribution in [0, 0.1) is 17.2 Å². The van der Waals surface area contributed by atoms with Crippen molar-refractivity contribution in [1.29, 1.82) is 5.26 Å². The first kappa shape index (κ1) is 13.9. The highest BCUT2D eigenvalue weighted by Crippen LogP contribution is 2.23. The van der Waals surface area contributed by atoms with E-state index in [2.05, 4.69) is 35.7 Å². The van der Waals surface area contributed by atoms with Crippen molar-refractivity contribution in [2.75, 3.05) is 19.7 Å². The summed E-state index contributed by atoms with van der Waals surface area (Å²) in [6, 6.07) is 14.5. The van der Waals surface area contributed by atoms with Gasteiger partial charge >= 0.3 is 0 Å². The first-order chi connectivity index (χ1) is 10.3. The average Bonchev–Trinajstić information content (AvgIpc) is 2.54. The van der Waals surface area contributed by atoms with Crippen LogP contribution in [0.3, 0.4) is 0 Å². The van der Waals surface area contributed by atoms with Crippen molar-refractivity contribution in [2.45, 2.75) is 19.3 Å². The standard InChI is InChI=1S/C18H20N2O/c19-8-7-14-3-4-17-11-18(6-5-16(17)10-14)21-13-15-2-1-9-20-12-15/h3-6,10-11,15,20H,1-2,7,9,12-13H2. The molecule has 21 heavy (non-hydrogen) atoms. The molecule has 1 aliphatic rings. The molecule has 0 saturated carbocycles. The zero-order valence-corrected chi connectivity index (χ0v) is 12.1. The summed E-state index contributed by atoms with van der Waals surface area (Å²) >= 11 is 0. The predicted octanol–water partition coefficient (Wildman–Crippen LogP) is 3.28. The van der Waals surface area contributed by atoms with Gasteiger partial charge < -0.3 is 10.1 Å². The van der Waals surface area contributed by atoms with E-state index in [0.717, 1.165) is 41.8 Å². The van der Waals surface area contributed by atoms with E-state index in [-0.39, 0.29) is 0 Å². The second-order valence-electron chi connectivity index (χ2n) is 5.70. The van der Waals surface area contributed by atoms with Gasteiger partial charge in [0.15, 0.2) is 0 Å². The van der Waals surface area contributed by atoms with Crippen LogP contribution in [0.4, 0.5) is 0 Å². The third-order valence-electron chi connectivity index (χ3n) is 4.04. The molecule has 3 rings (SSSR count). The zero-order chi connectivity index (χ0) is 14.5. The van der Waals surface area contributed by atoms with E-state index >= 15 is 0 Å². The molecule has 3 nitrogen and oxygen atoms in total. The van der Waals surface area contributed by atoms with Crippen LogP contribution in [-0.2, 0) is 6.42 Å². The monoisotopic (exact) mass is 280 g/mol. The van der Waals surface area contributed by atoms with Crippen LogP contribution in [0.2, 0.25) is 0 Å². The topological polar surface area (TPSA) is 45.0 Å². The summed E-state index contributed by atoms with van der Waals surface area (Å²) in [6.07, 6.45) is 2.95. The Hall–Kier alpha value is -2.05. The van der Waals surface area contributed by atoms with Crippen LogP contribution < -0.4 is 10.1 Å². The van der Waals surface area contributed by atoms with Gasteiger partial charge in [-0.2, -0.15) is 5.26 Å². The Morgan fingerprint density at radius 2 is 2.05 bits per heavy atom. The maximum atomic E-state index is 8.75. The Morgan fingerprint density at radius 3 is 2.86 bits per heavy atom. The molecule has 0 radical (unpaired) electrons. The molecule has 1 aliphatic heterocycles. The van der Waals surface area contributed by atoms with Gasteiger partial charge in [-0.3, -0.25) is 0 Å². The number of piperidine rings is 1. The number of benzene rings is 2. The van der Waals surface area contributed by atoms with Gasteiger partial charge in [0.1, 0.15) is 5.75 Å². The van der Waals surface area contributed by atoms with Crippen molar-refractivity contribution < 1.29 is 4.74 Å². The van der Waals surface area contributed by atoms with E-state index < -0.39 is 0 Å². The summed E-state index contributed by atoms with van der Waals surface area (Å²) < 4.78 is 5.94. The lowest BCUT2D eigenvalue weighted by atomic mass is 10.0. The zero-order valence-electron chi connectivity index (χ0n) is 12.1. The molecule has 108 valence electrons. The first-order valence-corrected chi connectivity index (χ1v) is 7.58. The molecule has 0 spiro atoms. The van der Waals surface area contributed by atoms with Crippen LogP contribution in [0.25, 0.3) is 10.8 Å². The molecule has 1 unspecified atom stereocenters. The highest BCUT2D eigenvalue weighted by molar-refractivity contribution is 5.84. The van der Waals surface area contributed by atoms with Crippen molar-refractivity contribution in [3.05, 3.63) is 42.0 Å². The maximum absolute atomic E-state index is 8.75. The summed E-state index contributed by atoms with van der Waals surface area (Å²) in [5.74, 6) is 1.55. The van der Waals surface area contributed by atoms with Crippen molar-refractivity contribution in [2.24, 2.45) is 5.92 Å². The van der Waals surface area contributed by atoms with Crippen molar-refractivity contribution in [3.8, 4) is 11.8 Å². The maximum Gasteiger partial charge on any atom is 0.119 e. The average molecular weight is 280 g/mol. The molecule has 3 heteroatoms. The van der Waals surface area contributed by atoms with Crippen LogP contribution in [0.1, 0.15) is 18.4 Å². The molecule has 0 aromatic heterocycles. The van der Waals surface area contributed by atoms with Gasteiger partial charge in [0.2, 0.25) is 0 Å². The Labute approximate surface area is 125 Å². The minimum Gasteiger partial charge on any atom is -0.493 e. The van der Waals surface area contributed by atoms with Crippen molar-refractivity contribution in [3.63, 3.8) is 0 Å². The summed E-state index contributed by atoms with van der Waals surface area (Å²) in [5.41, 5.74) is 1.06. The quantitative estimate of drug-likeness (QED) is 0.934. The van der Waals surface area contributed by atoms with Gasteiger partial charge in [0.25, 0.3) is 0 Å². The molecule has 0 amide bonds. The molecule has 1 fully saturated rings. The third kappa shape index (κ3) is 3.53. The van der Waals surface area contributed by atoms with Crippen LogP contribution in [0.5, 0.6) is 5.75 Å². The predicted molar refractivity (Wildman–Crippen MR) is 84.4 cm³/mol. The summed E-state index contributed by atoms with van der Waals surface area (Å²) in [6.45, 7) is 2.98. The number of nitriles is 1. The minimum atomic E-state index is 0.461. The SMILES string of the molecule is N#CCc1ccc2cc(OCC3CCCNC3)ccc2c1.